The van der Waals surface area contributed by atoms with Crippen molar-refractivity contribution >= 4 is 0 Å². The average molecular weight is 235 g/mol. The van der Waals surface area contributed by atoms with Crippen LogP contribution in [0.2, 0.25) is 0 Å². The topological polar surface area (TPSA) is 30.5 Å². The molecule has 0 bridgehead atoms. The smallest absolute Gasteiger partial charge is 0.123 e. The van der Waals surface area contributed by atoms with E-state index in [1.54, 1.807) is 7.11 Å². The van der Waals surface area contributed by atoms with Gasteiger partial charge in [-0.25, -0.2) is 0 Å². The van der Waals surface area contributed by atoms with Crippen molar-refractivity contribution in [3.8, 4) is 5.75 Å². The van der Waals surface area contributed by atoms with Gasteiger partial charge in [0.2, 0.25) is 0 Å². The van der Waals surface area contributed by atoms with E-state index in [0.717, 1.165) is 18.9 Å². The molecule has 0 aromatic heterocycles. The zero-order chi connectivity index (χ0) is 12.1. The molecule has 1 heterocycles. The van der Waals surface area contributed by atoms with Gasteiger partial charge < -0.3 is 14.8 Å². The number of nitrogens with one attached hydrogen (secondary N) is 1. The van der Waals surface area contributed by atoms with E-state index in [9.17, 15) is 0 Å². The summed E-state index contributed by atoms with van der Waals surface area (Å²) >= 11 is 0. The predicted octanol–water partition coefficient (Wildman–Crippen LogP) is 2.52. The third-order valence-electron chi connectivity index (χ3n) is 3.28. The zero-order valence-corrected chi connectivity index (χ0v) is 10.6. The summed E-state index contributed by atoms with van der Waals surface area (Å²) in [6.07, 6.45) is 2.74. The maximum atomic E-state index is 5.60. The van der Waals surface area contributed by atoms with Crippen molar-refractivity contribution < 1.29 is 9.47 Å². The molecule has 1 fully saturated rings. The first-order chi connectivity index (χ1) is 8.31. The van der Waals surface area contributed by atoms with Gasteiger partial charge in [0.25, 0.3) is 0 Å². The summed E-state index contributed by atoms with van der Waals surface area (Å²) in [4.78, 5) is 0. The molecular weight excluding hydrogens is 214 g/mol. The summed E-state index contributed by atoms with van der Waals surface area (Å²) < 4.78 is 11.0. The normalized spacial score (nSPS) is 21.4. The monoisotopic (exact) mass is 235 g/mol. The van der Waals surface area contributed by atoms with Gasteiger partial charge in [0.15, 0.2) is 0 Å². The van der Waals surface area contributed by atoms with Crippen molar-refractivity contribution in [2.75, 3.05) is 20.3 Å². The highest BCUT2D eigenvalue weighted by Gasteiger charge is 2.17. The van der Waals surface area contributed by atoms with Gasteiger partial charge in [0.1, 0.15) is 5.75 Å². The van der Waals surface area contributed by atoms with Crippen LogP contribution in [0, 0.1) is 0 Å². The van der Waals surface area contributed by atoms with Gasteiger partial charge in [-0.3, -0.25) is 0 Å². The van der Waals surface area contributed by atoms with Crippen LogP contribution in [-0.4, -0.2) is 26.4 Å². The fourth-order valence-corrected chi connectivity index (χ4v) is 2.25. The van der Waals surface area contributed by atoms with Gasteiger partial charge in [0.05, 0.1) is 13.2 Å². The molecule has 1 N–H and O–H groups in total. The minimum absolute atomic E-state index is 0.287. The van der Waals surface area contributed by atoms with E-state index in [-0.39, 0.29) is 6.04 Å². The van der Waals surface area contributed by atoms with E-state index < -0.39 is 0 Å². The van der Waals surface area contributed by atoms with Crippen LogP contribution < -0.4 is 10.1 Å². The maximum absolute atomic E-state index is 5.60. The Labute approximate surface area is 103 Å². The number of methoxy groups -OCH3 is 1. The van der Waals surface area contributed by atoms with Crippen molar-refractivity contribution in [1.29, 1.82) is 0 Å². The third kappa shape index (κ3) is 3.20. The summed E-state index contributed by atoms with van der Waals surface area (Å²) in [5, 5.41) is 3.51. The maximum Gasteiger partial charge on any atom is 0.123 e. The molecule has 1 saturated heterocycles. The number of hydrogen-bond donors (Lipinski definition) is 1. The highest BCUT2D eigenvalue weighted by molar-refractivity contribution is 5.35. The second-order valence-corrected chi connectivity index (χ2v) is 4.51. The Balaban J connectivity index is 1.91. The van der Waals surface area contributed by atoms with Crippen molar-refractivity contribution in [3.63, 3.8) is 0 Å². The first kappa shape index (κ1) is 12.4. The first-order valence-electron chi connectivity index (χ1n) is 6.29. The molecule has 1 aliphatic rings. The van der Waals surface area contributed by atoms with Crippen LogP contribution in [0.1, 0.15) is 31.4 Å². The number of rotatable bonds is 5. The molecular formula is C14H21NO2. The first-order valence-corrected chi connectivity index (χ1v) is 6.29. The fraction of sp³-hybridized carbons (Fsp3) is 0.571. The van der Waals surface area contributed by atoms with Crippen LogP contribution in [0.5, 0.6) is 5.75 Å². The molecule has 0 spiro atoms. The molecule has 2 atom stereocenters. The summed E-state index contributed by atoms with van der Waals surface area (Å²) in [7, 11) is 1.71. The van der Waals surface area contributed by atoms with E-state index in [0.29, 0.717) is 6.10 Å². The molecule has 3 nitrogen and oxygen atoms in total. The van der Waals surface area contributed by atoms with Crippen LogP contribution in [0.3, 0.4) is 0 Å². The minimum atomic E-state index is 0.287. The van der Waals surface area contributed by atoms with E-state index in [4.69, 9.17) is 9.47 Å². The van der Waals surface area contributed by atoms with E-state index in [1.807, 2.05) is 18.2 Å². The molecule has 0 aliphatic carbocycles. The van der Waals surface area contributed by atoms with Gasteiger partial charge in [-0.05, 0) is 25.8 Å². The van der Waals surface area contributed by atoms with Gasteiger partial charge in [-0.15, -0.1) is 0 Å². The number of benzene rings is 1. The van der Waals surface area contributed by atoms with E-state index in [2.05, 4.69) is 18.3 Å². The van der Waals surface area contributed by atoms with Crippen molar-refractivity contribution in [1.82, 2.24) is 5.32 Å². The highest BCUT2D eigenvalue weighted by atomic mass is 16.5. The lowest BCUT2D eigenvalue weighted by Crippen LogP contribution is -2.28. The molecule has 0 unspecified atom stereocenters. The minimum Gasteiger partial charge on any atom is -0.496 e. The predicted molar refractivity (Wildman–Crippen MR) is 68.4 cm³/mol. The lowest BCUT2D eigenvalue weighted by molar-refractivity contribution is 0.108. The van der Waals surface area contributed by atoms with Crippen molar-refractivity contribution in [2.24, 2.45) is 0 Å². The molecule has 0 radical (unpaired) electrons. The Kier molecular flexibility index (Phi) is 4.40. The van der Waals surface area contributed by atoms with Crippen LogP contribution in [0.15, 0.2) is 24.3 Å². The summed E-state index contributed by atoms with van der Waals surface area (Å²) in [6.45, 7) is 3.99. The van der Waals surface area contributed by atoms with Crippen LogP contribution in [-0.2, 0) is 4.74 Å². The second kappa shape index (κ2) is 6.03. The Morgan fingerprint density at radius 3 is 3.00 bits per heavy atom. The fourth-order valence-electron chi connectivity index (χ4n) is 2.25. The van der Waals surface area contributed by atoms with Gasteiger partial charge in [0, 0.05) is 24.8 Å². The highest BCUT2D eigenvalue weighted by Crippen LogP contribution is 2.24. The third-order valence-corrected chi connectivity index (χ3v) is 3.28. The standard InChI is InChI=1S/C14H21NO2/c1-11(15-10-12-6-5-9-17-12)13-7-3-4-8-14(13)16-2/h3-4,7-8,11-12,15H,5-6,9-10H2,1-2H3/t11-,12+/m0/s1. The van der Waals surface area contributed by atoms with Gasteiger partial charge in [-0.2, -0.15) is 0 Å². The van der Waals surface area contributed by atoms with E-state index in [1.165, 1.54) is 18.4 Å². The Morgan fingerprint density at radius 1 is 1.47 bits per heavy atom. The summed E-state index contributed by atoms with van der Waals surface area (Å²) in [5.41, 5.74) is 1.20. The average Bonchev–Trinajstić information content (AvgIpc) is 2.89. The Hall–Kier alpha value is -1.06. The van der Waals surface area contributed by atoms with E-state index >= 15 is 0 Å². The Bertz CT molecular complexity index is 348. The zero-order valence-electron chi connectivity index (χ0n) is 10.6. The number of ether oxygens (including phenoxy) is 2. The summed E-state index contributed by atoms with van der Waals surface area (Å²) in [6, 6.07) is 8.43. The molecule has 1 aromatic carbocycles. The molecule has 2 rings (SSSR count). The summed E-state index contributed by atoms with van der Waals surface area (Å²) in [5.74, 6) is 0.944. The molecule has 3 heteroatoms. The Morgan fingerprint density at radius 2 is 2.29 bits per heavy atom. The van der Waals surface area contributed by atoms with Gasteiger partial charge >= 0.3 is 0 Å². The van der Waals surface area contributed by atoms with Crippen molar-refractivity contribution in [3.05, 3.63) is 29.8 Å². The largest absolute Gasteiger partial charge is 0.496 e. The molecule has 0 saturated carbocycles. The molecule has 1 aliphatic heterocycles. The van der Waals surface area contributed by atoms with Crippen LogP contribution >= 0.6 is 0 Å². The van der Waals surface area contributed by atoms with Crippen LogP contribution in [0.25, 0.3) is 0 Å². The molecule has 17 heavy (non-hydrogen) atoms. The molecule has 1 aromatic rings. The lowest BCUT2D eigenvalue weighted by Gasteiger charge is -2.19. The van der Waals surface area contributed by atoms with Gasteiger partial charge in [-0.1, -0.05) is 18.2 Å². The second-order valence-electron chi connectivity index (χ2n) is 4.51. The molecule has 94 valence electrons. The quantitative estimate of drug-likeness (QED) is 0.850. The van der Waals surface area contributed by atoms with Crippen molar-refractivity contribution in [2.45, 2.75) is 31.9 Å². The lowest BCUT2D eigenvalue weighted by atomic mass is 10.1. The number of hydrogen-bond acceptors (Lipinski definition) is 3. The number of para-hydroxylation sites is 1. The van der Waals surface area contributed by atoms with Crippen LogP contribution in [0.4, 0.5) is 0 Å². The SMILES string of the molecule is COc1ccccc1[C@H](C)NC[C@H]1CCCO1. The molecule has 0 amide bonds.